The molecule has 4 heterocycles. The molecule has 2 saturated heterocycles. The highest BCUT2D eigenvalue weighted by Gasteiger charge is 2.52. The summed E-state index contributed by atoms with van der Waals surface area (Å²) in [4.78, 5) is 49.1. The monoisotopic (exact) mass is 630 g/mol. The van der Waals surface area contributed by atoms with Crippen LogP contribution in [-0.4, -0.2) is 72.5 Å². The third-order valence-corrected chi connectivity index (χ3v) is 8.52. The fourth-order valence-corrected chi connectivity index (χ4v) is 6.04. The van der Waals surface area contributed by atoms with Crippen molar-refractivity contribution in [1.82, 2.24) is 20.5 Å². The second-order valence-corrected chi connectivity index (χ2v) is 11.3. The first-order valence-electron chi connectivity index (χ1n) is 13.6. The van der Waals surface area contributed by atoms with Gasteiger partial charge in [0.1, 0.15) is 23.8 Å². The van der Waals surface area contributed by atoms with Gasteiger partial charge in [-0.05, 0) is 43.3 Å². The zero-order valence-electron chi connectivity index (χ0n) is 23.5. The highest BCUT2D eigenvalue weighted by molar-refractivity contribution is 7.10. The molecule has 15 heteroatoms. The molecule has 2 fully saturated rings. The van der Waals surface area contributed by atoms with Crippen LogP contribution < -0.4 is 16.4 Å². The fourth-order valence-electron chi connectivity index (χ4n) is 5.10. The summed E-state index contributed by atoms with van der Waals surface area (Å²) in [5, 5.41) is 7.06. The predicted octanol–water partition coefficient (Wildman–Crippen LogP) is 2.84. The summed E-state index contributed by atoms with van der Waals surface area (Å²) < 4.78 is 53.6. The summed E-state index contributed by atoms with van der Waals surface area (Å²) in [6.45, 7) is 5.19. The highest BCUT2D eigenvalue weighted by atomic mass is 32.1. The first-order chi connectivity index (χ1) is 21.0. The van der Waals surface area contributed by atoms with Gasteiger partial charge in [-0.3, -0.25) is 19.4 Å². The summed E-state index contributed by atoms with van der Waals surface area (Å²) in [6.07, 6.45) is 0.551. The number of aliphatic imine (C=N–C) groups is 1. The lowest BCUT2D eigenvalue weighted by Gasteiger charge is -2.25. The van der Waals surface area contributed by atoms with Crippen LogP contribution in [0.15, 0.2) is 46.9 Å². The minimum atomic E-state index is -1.16. The predicted molar refractivity (Wildman–Crippen MR) is 154 cm³/mol. The van der Waals surface area contributed by atoms with Crippen molar-refractivity contribution in [3.63, 3.8) is 0 Å². The molecule has 4 N–H and O–H groups in total. The Morgan fingerprint density at radius 2 is 1.95 bits per heavy atom. The number of hydrogen-bond acceptors (Lipinski definition) is 9. The Morgan fingerprint density at radius 3 is 2.64 bits per heavy atom. The number of benzene rings is 1. The molecule has 44 heavy (non-hydrogen) atoms. The first kappa shape index (κ1) is 31.3. The van der Waals surface area contributed by atoms with E-state index in [0.29, 0.717) is 19.3 Å². The van der Waals surface area contributed by atoms with Gasteiger partial charge in [-0.2, -0.15) is 0 Å². The van der Waals surface area contributed by atoms with Gasteiger partial charge in [0.05, 0.1) is 32.3 Å². The number of pyridine rings is 1. The Hall–Kier alpha value is -4.18. The van der Waals surface area contributed by atoms with Gasteiger partial charge >= 0.3 is 0 Å². The van der Waals surface area contributed by atoms with Gasteiger partial charge in [0.2, 0.25) is 11.8 Å². The zero-order chi connectivity index (χ0) is 31.6. The average Bonchev–Trinajstić information content (AvgIpc) is 3.76. The quantitative estimate of drug-likeness (QED) is 0.308. The molecular formula is C29H29F3N6O5S. The van der Waals surface area contributed by atoms with Crippen LogP contribution in [0.2, 0.25) is 0 Å². The maximum atomic E-state index is 14.8. The van der Waals surface area contributed by atoms with Crippen molar-refractivity contribution < 1.29 is 37.0 Å². The zero-order valence-corrected chi connectivity index (χ0v) is 24.3. The molecule has 2 aliphatic rings. The number of likely N-dealkylation sites (tertiary alicyclic amines) is 1. The van der Waals surface area contributed by atoms with Crippen molar-refractivity contribution in [3.05, 3.63) is 75.5 Å². The molecule has 3 amide bonds. The van der Waals surface area contributed by atoms with E-state index in [4.69, 9.17) is 15.2 Å². The van der Waals surface area contributed by atoms with Gasteiger partial charge < -0.3 is 30.7 Å². The number of amides is 3. The van der Waals surface area contributed by atoms with E-state index >= 15 is 0 Å². The Balaban J connectivity index is 1.25. The van der Waals surface area contributed by atoms with E-state index < -0.39 is 71.4 Å². The fraction of sp³-hybridized carbons (Fsp3) is 0.345. The van der Waals surface area contributed by atoms with E-state index in [2.05, 4.69) is 27.3 Å². The topological polar surface area (TPSA) is 148 Å². The number of rotatable bonds is 9. The van der Waals surface area contributed by atoms with E-state index in [-0.39, 0.29) is 24.1 Å². The Labute approximate surface area is 254 Å². The van der Waals surface area contributed by atoms with Crippen LogP contribution in [0, 0.1) is 17.5 Å². The SMILES string of the molecule is C=NC(N)c1csc([C@@H](C)NC(=O)[C@@H]2CC3(CN2C(=O)CNC(=O)c2ncc(-c4ccc(F)cc4F)cc2F)OCCO3)c1. The summed E-state index contributed by atoms with van der Waals surface area (Å²) in [5.41, 5.74) is 5.92. The van der Waals surface area contributed by atoms with Crippen LogP contribution in [-0.2, 0) is 19.1 Å². The lowest BCUT2D eigenvalue weighted by atomic mass is 10.1. The third-order valence-electron chi connectivity index (χ3n) is 7.39. The number of ether oxygens (including phenoxy) is 2. The van der Waals surface area contributed by atoms with Gasteiger partial charge in [-0.1, -0.05) is 0 Å². The van der Waals surface area contributed by atoms with Crippen LogP contribution in [0.1, 0.15) is 46.5 Å². The summed E-state index contributed by atoms with van der Waals surface area (Å²) in [7, 11) is 0. The lowest BCUT2D eigenvalue weighted by molar-refractivity contribution is -0.152. The number of halogens is 3. The van der Waals surface area contributed by atoms with Crippen LogP contribution in [0.25, 0.3) is 11.1 Å². The van der Waals surface area contributed by atoms with Crippen molar-refractivity contribution in [2.75, 3.05) is 26.3 Å². The molecule has 3 atom stereocenters. The molecule has 0 aliphatic carbocycles. The molecule has 232 valence electrons. The van der Waals surface area contributed by atoms with Crippen molar-refractivity contribution in [2.45, 2.75) is 37.4 Å². The largest absolute Gasteiger partial charge is 0.347 e. The van der Waals surface area contributed by atoms with Gasteiger partial charge in [-0.15, -0.1) is 11.3 Å². The number of aromatic nitrogens is 1. The molecule has 2 aromatic heterocycles. The van der Waals surface area contributed by atoms with Crippen LogP contribution >= 0.6 is 11.3 Å². The summed E-state index contributed by atoms with van der Waals surface area (Å²) >= 11 is 1.39. The van der Waals surface area contributed by atoms with E-state index in [9.17, 15) is 27.6 Å². The number of nitrogens with zero attached hydrogens (tertiary/aromatic N) is 3. The van der Waals surface area contributed by atoms with Crippen LogP contribution in [0.3, 0.4) is 0 Å². The summed E-state index contributed by atoms with van der Waals surface area (Å²) in [6, 6.07) is 4.10. The molecule has 0 bridgehead atoms. The molecule has 1 aromatic carbocycles. The summed E-state index contributed by atoms with van der Waals surface area (Å²) in [5.74, 6) is -6.04. The Morgan fingerprint density at radius 1 is 1.20 bits per heavy atom. The van der Waals surface area contributed by atoms with Gasteiger partial charge in [0.15, 0.2) is 17.3 Å². The number of thiophene rings is 1. The molecule has 11 nitrogen and oxygen atoms in total. The first-order valence-corrected chi connectivity index (χ1v) is 14.4. The molecular weight excluding hydrogens is 601 g/mol. The third kappa shape index (κ3) is 6.50. The molecule has 2 aliphatic heterocycles. The molecule has 1 spiro atoms. The van der Waals surface area contributed by atoms with Gasteiger partial charge in [0, 0.05) is 40.3 Å². The normalized spacial score (nSPS) is 18.7. The van der Waals surface area contributed by atoms with E-state index in [0.717, 1.165) is 34.8 Å². The molecule has 0 radical (unpaired) electrons. The molecule has 1 unspecified atom stereocenters. The Bertz CT molecular complexity index is 1600. The van der Waals surface area contributed by atoms with Gasteiger partial charge in [-0.25, -0.2) is 18.2 Å². The van der Waals surface area contributed by atoms with Crippen LogP contribution in [0.5, 0.6) is 0 Å². The smallest absolute Gasteiger partial charge is 0.273 e. The highest BCUT2D eigenvalue weighted by Crippen LogP contribution is 2.35. The van der Waals surface area contributed by atoms with E-state index in [1.54, 1.807) is 6.92 Å². The van der Waals surface area contributed by atoms with Gasteiger partial charge in [0.25, 0.3) is 5.91 Å². The molecule has 0 saturated carbocycles. The minimum absolute atomic E-state index is 0.00590. The van der Waals surface area contributed by atoms with E-state index in [1.165, 1.54) is 16.2 Å². The molecule has 5 rings (SSSR count). The Kier molecular flexibility index (Phi) is 9.10. The second kappa shape index (κ2) is 12.8. The van der Waals surface area contributed by atoms with Crippen molar-refractivity contribution >= 4 is 35.8 Å². The average molecular weight is 631 g/mol. The standard InChI is InChI=1S/C29H29F3N6O5S/c1-15(23-8-17(13-44-23)26(33)34-2)37-27(40)22-10-29(42-5-6-43-29)14-38(22)24(39)12-36-28(41)25-21(32)7-16(11-35-25)19-4-3-18(30)9-20(19)31/h3-4,7-9,11,13,15,22,26H,2,5-6,10,12,14,33H2,1H3,(H,36,41)(H,37,40)/t15-,22+,26?/m1/s1. The molecule has 3 aromatic rings. The maximum absolute atomic E-state index is 14.8. The number of hydrogen-bond donors (Lipinski definition) is 3. The maximum Gasteiger partial charge on any atom is 0.273 e. The number of carbonyl (C=O) groups excluding carboxylic acids is 3. The van der Waals surface area contributed by atoms with Crippen LogP contribution in [0.4, 0.5) is 13.2 Å². The van der Waals surface area contributed by atoms with E-state index in [1.807, 2.05) is 11.4 Å². The van der Waals surface area contributed by atoms with Crippen molar-refractivity contribution in [3.8, 4) is 11.1 Å². The second-order valence-electron chi connectivity index (χ2n) is 10.4. The van der Waals surface area contributed by atoms with Crippen molar-refractivity contribution in [2.24, 2.45) is 10.7 Å². The van der Waals surface area contributed by atoms with Crippen molar-refractivity contribution in [1.29, 1.82) is 0 Å². The number of nitrogens with two attached hydrogens (primary N) is 1. The number of carbonyl (C=O) groups is 3. The number of nitrogens with one attached hydrogen (secondary N) is 2. The minimum Gasteiger partial charge on any atom is -0.347 e. The lowest BCUT2D eigenvalue weighted by Crippen LogP contribution is -2.49.